The van der Waals surface area contributed by atoms with E-state index in [2.05, 4.69) is 0 Å². The van der Waals surface area contributed by atoms with E-state index in [0.717, 1.165) is 0 Å². The normalized spacial score (nSPS) is 17.6. The molecule has 2 N–H and O–H groups in total. The number of likely N-dealkylation sites (tertiary alicyclic amines) is 1. The molecule has 1 aliphatic rings. The number of methoxy groups -OCH3 is 1. The van der Waals surface area contributed by atoms with Crippen molar-refractivity contribution < 1.29 is 34.2 Å². The molecule has 0 radical (unpaired) electrons. The van der Waals surface area contributed by atoms with Gasteiger partial charge >= 0.3 is 0 Å². The number of aliphatic hydroxyl groups is 2. The van der Waals surface area contributed by atoms with Gasteiger partial charge in [-0.1, -0.05) is 12.1 Å². The fourth-order valence-electron chi connectivity index (χ4n) is 3.49. The molecule has 0 saturated carbocycles. The number of rotatable bonds is 9. The van der Waals surface area contributed by atoms with Crippen molar-refractivity contribution in [3.63, 3.8) is 0 Å². The molecule has 0 bridgehead atoms. The first kappa shape index (κ1) is 22.9. The largest absolute Gasteiger partial charge is 0.507 e. The summed E-state index contributed by atoms with van der Waals surface area (Å²) in [6, 6.07) is 10.9. The molecular formula is C22H22N2O8. The van der Waals surface area contributed by atoms with Crippen LogP contribution < -0.4 is 4.74 Å². The number of carbonyl (C=O) groups excluding carboxylic acids is 2. The van der Waals surface area contributed by atoms with E-state index in [-0.39, 0.29) is 43.2 Å². The van der Waals surface area contributed by atoms with Gasteiger partial charge in [0.15, 0.2) is 0 Å². The maximum absolute atomic E-state index is 12.9. The molecule has 10 nitrogen and oxygen atoms in total. The molecule has 2 aromatic carbocycles. The van der Waals surface area contributed by atoms with Crippen molar-refractivity contribution >= 4 is 23.1 Å². The minimum absolute atomic E-state index is 0.0451. The maximum Gasteiger partial charge on any atom is 0.295 e. The van der Waals surface area contributed by atoms with E-state index in [1.54, 1.807) is 24.3 Å². The number of hydrogen-bond donors (Lipinski definition) is 2. The molecule has 3 rings (SSSR count). The number of benzene rings is 2. The van der Waals surface area contributed by atoms with Crippen molar-refractivity contribution in [3.8, 4) is 5.75 Å². The summed E-state index contributed by atoms with van der Waals surface area (Å²) in [7, 11) is 1.48. The van der Waals surface area contributed by atoms with Crippen LogP contribution in [0, 0.1) is 10.1 Å². The van der Waals surface area contributed by atoms with Gasteiger partial charge in [-0.15, -0.1) is 0 Å². The van der Waals surface area contributed by atoms with Crippen molar-refractivity contribution in [1.29, 1.82) is 0 Å². The summed E-state index contributed by atoms with van der Waals surface area (Å²) in [6.45, 7) is 0.0178. The SMILES string of the molecule is COc1cccc([C@H]2/C(=C(\O)c3ccc([N+](=O)[O-])cc3)C(=O)C(=O)N2CCOCCO)c1. The molecule has 2 aromatic rings. The number of non-ortho nitro benzene ring substituents is 1. The number of Topliss-reactive ketones (excluding diaryl/α,β-unsaturated/α-hetero) is 1. The first-order chi connectivity index (χ1) is 15.4. The van der Waals surface area contributed by atoms with Gasteiger partial charge in [0.25, 0.3) is 17.4 Å². The standard InChI is InChI=1S/C22H22N2O8/c1-31-17-4-2-3-15(13-17)19-18(20(26)14-5-7-16(8-6-14)24(29)30)21(27)22(28)23(19)9-11-32-12-10-25/h2-8,13,19,25-26H,9-12H2,1H3/b20-18+/t19-/m0/s1. The number of nitro benzene ring substituents is 1. The highest BCUT2D eigenvalue weighted by Crippen LogP contribution is 2.40. The monoisotopic (exact) mass is 442 g/mol. The number of hydrogen-bond acceptors (Lipinski definition) is 8. The molecule has 1 atom stereocenters. The predicted octanol–water partition coefficient (Wildman–Crippen LogP) is 2.03. The van der Waals surface area contributed by atoms with Gasteiger partial charge in [0, 0.05) is 24.2 Å². The van der Waals surface area contributed by atoms with Crippen LogP contribution in [0.3, 0.4) is 0 Å². The van der Waals surface area contributed by atoms with E-state index in [1.807, 2.05) is 0 Å². The van der Waals surface area contributed by atoms with E-state index in [4.69, 9.17) is 14.6 Å². The Hall–Kier alpha value is -3.76. The lowest BCUT2D eigenvalue weighted by atomic mass is 9.95. The number of ether oxygens (including phenoxy) is 2. The van der Waals surface area contributed by atoms with Crippen LogP contribution in [0.1, 0.15) is 17.2 Å². The molecule has 1 heterocycles. The van der Waals surface area contributed by atoms with E-state index in [1.165, 1.54) is 36.3 Å². The zero-order valence-electron chi connectivity index (χ0n) is 17.3. The van der Waals surface area contributed by atoms with Crippen LogP contribution in [-0.2, 0) is 14.3 Å². The topological polar surface area (TPSA) is 139 Å². The van der Waals surface area contributed by atoms with Crippen LogP contribution in [0.4, 0.5) is 5.69 Å². The predicted molar refractivity (Wildman–Crippen MR) is 113 cm³/mol. The summed E-state index contributed by atoms with van der Waals surface area (Å²) in [4.78, 5) is 37.3. The first-order valence-corrected chi connectivity index (χ1v) is 9.74. The van der Waals surface area contributed by atoms with Gasteiger partial charge in [0.05, 0.1) is 43.5 Å². The lowest BCUT2D eigenvalue weighted by Gasteiger charge is -2.25. The van der Waals surface area contributed by atoms with Crippen LogP contribution in [-0.4, -0.2) is 65.2 Å². The van der Waals surface area contributed by atoms with Gasteiger partial charge in [-0.2, -0.15) is 0 Å². The lowest BCUT2D eigenvalue weighted by molar-refractivity contribution is -0.384. The summed E-state index contributed by atoms with van der Waals surface area (Å²) in [5, 5.41) is 30.7. The van der Waals surface area contributed by atoms with E-state index in [9.17, 15) is 24.8 Å². The zero-order valence-corrected chi connectivity index (χ0v) is 17.3. The van der Waals surface area contributed by atoms with Crippen molar-refractivity contribution in [2.45, 2.75) is 6.04 Å². The van der Waals surface area contributed by atoms with E-state index >= 15 is 0 Å². The minimum Gasteiger partial charge on any atom is -0.507 e. The molecule has 1 fully saturated rings. The highest BCUT2D eigenvalue weighted by atomic mass is 16.6. The highest BCUT2D eigenvalue weighted by molar-refractivity contribution is 6.46. The zero-order chi connectivity index (χ0) is 23.3. The van der Waals surface area contributed by atoms with Crippen LogP contribution in [0.2, 0.25) is 0 Å². The van der Waals surface area contributed by atoms with Crippen molar-refractivity contribution in [2.75, 3.05) is 33.5 Å². The van der Waals surface area contributed by atoms with Crippen LogP contribution in [0.5, 0.6) is 5.75 Å². The molecule has 0 spiro atoms. The molecular weight excluding hydrogens is 420 g/mol. The molecule has 0 unspecified atom stereocenters. The Morgan fingerprint density at radius 3 is 2.50 bits per heavy atom. The summed E-state index contributed by atoms with van der Waals surface area (Å²) in [5.41, 5.74) is 0.388. The van der Waals surface area contributed by atoms with Crippen molar-refractivity contribution in [1.82, 2.24) is 4.90 Å². The van der Waals surface area contributed by atoms with Crippen molar-refractivity contribution in [3.05, 3.63) is 75.3 Å². The average Bonchev–Trinajstić information content (AvgIpc) is 3.06. The molecule has 1 amide bonds. The van der Waals surface area contributed by atoms with Gasteiger partial charge in [-0.3, -0.25) is 19.7 Å². The highest BCUT2D eigenvalue weighted by Gasteiger charge is 2.46. The Morgan fingerprint density at radius 1 is 1.16 bits per heavy atom. The Labute approximate surface area is 183 Å². The maximum atomic E-state index is 12.9. The second-order valence-electron chi connectivity index (χ2n) is 6.91. The minimum atomic E-state index is -0.919. The third-order valence-electron chi connectivity index (χ3n) is 5.01. The smallest absolute Gasteiger partial charge is 0.295 e. The molecule has 1 saturated heterocycles. The first-order valence-electron chi connectivity index (χ1n) is 9.74. The molecule has 0 aromatic heterocycles. The summed E-state index contributed by atoms with van der Waals surface area (Å²) in [5.74, 6) is -1.63. The number of amides is 1. The third kappa shape index (κ3) is 4.61. The Kier molecular flexibility index (Phi) is 7.18. The number of aliphatic hydroxyl groups excluding tert-OH is 2. The van der Waals surface area contributed by atoms with Crippen LogP contribution in [0.25, 0.3) is 5.76 Å². The quantitative estimate of drug-likeness (QED) is 0.150. The summed E-state index contributed by atoms with van der Waals surface area (Å²) < 4.78 is 10.5. The molecule has 1 aliphatic heterocycles. The fourth-order valence-corrected chi connectivity index (χ4v) is 3.49. The summed E-state index contributed by atoms with van der Waals surface area (Å²) in [6.07, 6.45) is 0. The van der Waals surface area contributed by atoms with Gasteiger partial charge in [0.2, 0.25) is 0 Å². The Morgan fingerprint density at radius 2 is 1.88 bits per heavy atom. The average molecular weight is 442 g/mol. The van der Waals surface area contributed by atoms with Crippen LogP contribution >= 0.6 is 0 Å². The fraction of sp³-hybridized carbons (Fsp3) is 0.273. The third-order valence-corrected chi connectivity index (χ3v) is 5.01. The molecule has 32 heavy (non-hydrogen) atoms. The molecule has 0 aliphatic carbocycles. The Balaban J connectivity index is 2.08. The number of carbonyl (C=O) groups is 2. The summed E-state index contributed by atoms with van der Waals surface area (Å²) >= 11 is 0. The number of nitro groups is 1. The van der Waals surface area contributed by atoms with Gasteiger partial charge in [-0.05, 0) is 29.8 Å². The molecule has 10 heteroatoms. The van der Waals surface area contributed by atoms with Gasteiger partial charge in [-0.25, -0.2) is 0 Å². The van der Waals surface area contributed by atoms with Crippen LogP contribution in [0.15, 0.2) is 54.1 Å². The van der Waals surface area contributed by atoms with Crippen molar-refractivity contribution in [2.24, 2.45) is 0 Å². The van der Waals surface area contributed by atoms with E-state index < -0.39 is 28.4 Å². The second-order valence-corrected chi connectivity index (χ2v) is 6.91. The second kappa shape index (κ2) is 10.0. The van der Waals surface area contributed by atoms with Gasteiger partial charge in [0.1, 0.15) is 11.5 Å². The number of ketones is 1. The van der Waals surface area contributed by atoms with E-state index in [0.29, 0.717) is 11.3 Å². The van der Waals surface area contributed by atoms with Gasteiger partial charge < -0.3 is 24.6 Å². The lowest BCUT2D eigenvalue weighted by Crippen LogP contribution is -2.33. The molecule has 168 valence electrons. The number of nitrogens with zero attached hydrogens (tertiary/aromatic N) is 2. The Bertz CT molecular complexity index is 1050.